The lowest BCUT2D eigenvalue weighted by atomic mass is 10.1. The molecule has 0 fully saturated rings. The first-order valence-corrected chi connectivity index (χ1v) is 7.79. The van der Waals surface area contributed by atoms with Gasteiger partial charge in [-0.05, 0) is 55.7 Å². The molecule has 0 spiro atoms. The molecule has 0 saturated heterocycles. The highest BCUT2D eigenvalue weighted by molar-refractivity contribution is 5.96. The van der Waals surface area contributed by atoms with Crippen LogP contribution in [-0.4, -0.2) is 25.7 Å². The fraction of sp³-hybridized carbons (Fsp3) is 0.316. The van der Waals surface area contributed by atoms with Gasteiger partial charge in [0.05, 0.1) is 12.2 Å². The zero-order valence-electron chi connectivity index (χ0n) is 13.8. The van der Waals surface area contributed by atoms with Crippen LogP contribution >= 0.6 is 0 Å². The number of benzene rings is 2. The van der Waals surface area contributed by atoms with Crippen molar-refractivity contribution in [2.24, 2.45) is 0 Å². The van der Waals surface area contributed by atoms with Crippen molar-refractivity contribution in [3.8, 4) is 11.5 Å². The maximum Gasteiger partial charge on any atom is 0.265 e. The number of carbonyl (C=O) groups is 1. The quantitative estimate of drug-likeness (QED) is 0.872. The van der Waals surface area contributed by atoms with E-state index in [0.717, 1.165) is 33.9 Å². The number of aryl methyl sites for hydroxylation is 2. The van der Waals surface area contributed by atoms with E-state index in [9.17, 15) is 4.79 Å². The third-order valence-corrected chi connectivity index (χ3v) is 4.18. The summed E-state index contributed by atoms with van der Waals surface area (Å²) >= 11 is 0. The number of ether oxygens (including phenoxy) is 2. The molecule has 4 heteroatoms. The Kier molecular flexibility index (Phi) is 4.24. The van der Waals surface area contributed by atoms with Gasteiger partial charge in [-0.1, -0.05) is 18.2 Å². The summed E-state index contributed by atoms with van der Waals surface area (Å²) in [6.07, 6.45) is 0. The smallest absolute Gasteiger partial charge is 0.265 e. The Morgan fingerprint density at radius 1 is 1.22 bits per heavy atom. The van der Waals surface area contributed by atoms with Crippen molar-refractivity contribution < 1.29 is 14.3 Å². The fourth-order valence-electron chi connectivity index (χ4n) is 2.68. The average Bonchev–Trinajstić information content (AvgIpc) is 2.55. The van der Waals surface area contributed by atoms with Gasteiger partial charge in [-0.2, -0.15) is 0 Å². The average molecular weight is 311 g/mol. The van der Waals surface area contributed by atoms with Gasteiger partial charge >= 0.3 is 0 Å². The summed E-state index contributed by atoms with van der Waals surface area (Å²) in [6.45, 7) is 7.12. The molecular weight excluding hydrogens is 290 g/mol. The molecule has 23 heavy (non-hydrogen) atoms. The van der Waals surface area contributed by atoms with Crippen molar-refractivity contribution in [3.05, 3.63) is 53.1 Å². The first-order valence-electron chi connectivity index (χ1n) is 7.79. The number of hydrogen-bond acceptors (Lipinski definition) is 3. The lowest BCUT2D eigenvalue weighted by Crippen LogP contribution is -2.40. The normalized spacial score (nSPS) is 13.3. The van der Waals surface area contributed by atoms with E-state index in [1.54, 1.807) is 4.90 Å². The van der Waals surface area contributed by atoms with Crippen LogP contribution in [0.1, 0.15) is 16.7 Å². The molecule has 2 aromatic carbocycles. The molecule has 1 aliphatic heterocycles. The summed E-state index contributed by atoms with van der Waals surface area (Å²) in [6, 6.07) is 11.7. The van der Waals surface area contributed by atoms with E-state index < -0.39 is 0 Å². The molecule has 0 aromatic heterocycles. The second kappa shape index (κ2) is 6.32. The third kappa shape index (κ3) is 3.16. The van der Waals surface area contributed by atoms with Gasteiger partial charge in [-0.25, -0.2) is 0 Å². The van der Waals surface area contributed by atoms with Crippen molar-refractivity contribution in [2.45, 2.75) is 20.8 Å². The van der Waals surface area contributed by atoms with Gasteiger partial charge in [0, 0.05) is 0 Å². The molecule has 1 heterocycles. The van der Waals surface area contributed by atoms with Crippen molar-refractivity contribution in [1.82, 2.24) is 0 Å². The van der Waals surface area contributed by atoms with Crippen LogP contribution < -0.4 is 14.4 Å². The standard InChI is InChI=1S/C19H21NO3/c1-13-7-8-18-16(11-13)20(9-10-22-18)19(21)12-23-17-6-4-5-14(2)15(17)3/h4-8,11H,9-10,12H2,1-3H3. The van der Waals surface area contributed by atoms with Gasteiger partial charge in [0.2, 0.25) is 0 Å². The number of rotatable bonds is 3. The van der Waals surface area contributed by atoms with E-state index in [0.29, 0.717) is 13.2 Å². The van der Waals surface area contributed by atoms with Crippen LogP contribution in [-0.2, 0) is 4.79 Å². The van der Waals surface area contributed by atoms with Crippen LogP contribution in [0.3, 0.4) is 0 Å². The number of nitrogens with zero attached hydrogens (tertiary/aromatic N) is 1. The molecule has 1 amide bonds. The van der Waals surface area contributed by atoms with E-state index in [1.807, 2.05) is 57.2 Å². The van der Waals surface area contributed by atoms with E-state index in [4.69, 9.17) is 9.47 Å². The first kappa shape index (κ1) is 15.4. The molecule has 2 aromatic rings. The maximum atomic E-state index is 12.6. The van der Waals surface area contributed by atoms with Gasteiger partial charge in [0.25, 0.3) is 5.91 Å². The van der Waals surface area contributed by atoms with Gasteiger partial charge in [-0.15, -0.1) is 0 Å². The zero-order chi connectivity index (χ0) is 16.4. The van der Waals surface area contributed by atoms with Gasteiger partial charge in [0.15, 0.2) is 6.61 Å². The Morgan fingerprint density at radius 2 is 2.04 bits per heavy atom. The van der Waals surface area contributed by atoms with Crippen LogP contribution in [0.2, 0.25) is 0 Å². The van der Waals surface area contributed by atoms with Gasteiger partial charge < -0.3 is 14.4 Å². The topological polar surface area (TPSA) is 38.8 Å². The van der Waals surface area contributed by atoms with Crippen molar-refractivity contribution in [1.29, 1.82) is 0 Å². The predicted molar refractivity (Wildman–Crippen MR) is 90.4 cm³/mol. The Morgan fingerprint density at radius 3 is 2.87 bits per heavy atom. The summed E-state index contributed by atoms with van der Waals surface area (Å²) in [4.78, 5) is 14.3. The van der Waals surface area contributed by atoms with E-state index in [1.165, 1.54) is 0 Å². The van der Waals surface area contributed by atoms with Gasteiger partial charge in [0.1, 0.15) is 18.1 Å². The monoisotopic (exact) mass is 311 g/mol. The number of hydrogen-bond donors (Lipinski definition) is 0. The largest absolute Gasteiger partial charge is 0.490 e. The Bertz CT molecular complexity index is 739. The fourth-order valence-corrected chi connectivity index (χ4v) is 2.68. The third-order valence-electron chi connectivity index (χ3n) is 4.18. The van der Waals surface area contributed by atoms with Gasteiger partial charge in [-0.3, -0.25) is 4.79 Å². The minimum absolute atomic E-state index is 0.0255. The van der Waals surface area contributed by atoms with Crippen molar-refractivity contribution in [2.75, 3.05) is 24.7 Å². The van der Waals surface area contributed by atoms with Crippen LogP contribution in [0.25, 0.3) is 0 Å². The minimum atomic E-state index is -0.0546. The molecule has 0 N–H and O–H groups in total. The molecular formula is C19H21NO3. The van der Waals surface area contributed by atoms with E-state index in [-0.39, 0.29) is 12.5 Å². The summed E-state index contributed by atoms with van der Waals surface area (Å²) < 4.78 is 11.4. The first-order chi connectivity index (χ1) is 11.1. The molecule has 0 bridgehead atoms. The molecule has 0 unspecified atom stereocenters. The molecule has 120 valence electrons. The second-order valence-corrected chi connectivity index (χ2v) is 5.85. The predicted octanol–water partition coefficient (Wildman–Crippen LogP) is 3.42. The van der Waals surface area contributed by atoms with Crippen molar-refractivity contribution in [3.63, 3.8) is 0 Å². The Balaban J connectivity index is 1.75. The SMILES string of the molecule is Cc1ccc2c(c1)N(C(=O)COc1cccc(C)c1C)CCO2. The molecule has 0 aliphatic carbocycles. The lowest BCUT2D eigenvalue weighted by molar-refractivity contribution is -0.120. The molecule has 0 saturated carbocycles. The number of amides is 1. The van der Waals surface area contributed by atoms with Crippen molar-refractivity contribution >= 4 is 11.6 Å². The lowest BCUT2D eigenvalue weighted by Gasteiger charge is -2.29. The second-order valence-electron chi connectivity index (χ2n) is 5.85. The molecule has 0 radical (unpaired) electrons. The summed E-state index contributed by atoms with van der Waals surface area (Å²) in [5, 5.41) is 0. The van der Waals surface area contributed by atoms with Crippen LogP contribution in [0, 0.1) is 20.8 Å². The molecule has 0 atom stereocenters. The zero-order valence-corrected chi connectivity index (χ0v) is 13.8. The maximum absolute atomic E-state index is 12.6. The number of carbonyl (C=O) groups excluding carboxylic acids is 1. The highest BCUT2D eigenvalue weighted by atomic mass is 16.5. The Labute approximate surface area is 136 Å². The number of anilines is 1. The summed E-state index contributed by atoms with van der Waals surface area (Å²) in [7, 11) is 0. The van der Waals surface area contributed by atoms with Crippen LogP contribution in [0.5, 0.6) is 11.5 Å². The van der Waals surface area contributed by atoms with Crippen LogP contribution in [0.15, 0.2) is 36.4 Å². The Hall–Kier alpha value is -2.49. The van der Waals surface area contributed by atoms with Crippen LogP contribution in [0.4, 0.5) is 5.69 Å². The molecule has 4 nitrogen and oxygen atoms in total. The summed E-state index contributed by atoms with van der Waals surface area (Å²) in [5.74, 6) is 1.46. The molecule has 1 aliphatic rings. The molecule has 3 rings (SSSR count). The highest BCUT2D eigenvalue weighted by Gasteiger charge is 2.24. The number of fused-ring (bicyclic) bond motifs is 1. The minimum Gasteiger partial charge on any atom is -0.490 e. The van der Waals surface area contributed by atoms with E-state index in [2.05, 4.69) is 0 Å². The summed E-state index contributed by atoms with van der Waals surface area (Å²) in [5.41, 5.74) is 4.15. The highest BCUT2D eigenvalue weighted by Crippen LogP contribution is 2.32. The van der Waals surface area contributed by atoms with E-state index >= 15 is 0 Å².